The van der Waals surface area contributed by atoms with Crippen molar-refractivity contribution in [1.82, 2.24) is 0 Å². The molecule has 25 heavy (non-hydrogen) atoms. The summed E-state index contributed by atoms with van der Waals surface area (Å²) >= 11 is -1.85. The standard InChI is InChI=1S/C9H7.C4H10N.C4H11OSi.CH3.CH2.2ClH.Zr/c1-2-5-9-7-3-6-8(9)4-1;1-4(2,3)5;1-6(2)4-3-5;;;;;/h1-7H;5H,1-3H3;5H,3-4H2,1-2H3;1H3;1H2;2*1H;/q2*-1;;-1;;;;+2/p-2. The summed E-state index contributed by atoms with van der Waals surface area (Å²) in [6, 6.07) is 15.7. The molecular weight excluding hydrogens is 448 g/mol. The van der Waals surface area contributed by atoms with E-state index in [2.05, 4.69) is 59.8 Å². The first-order valence-electron chi connectivity index (χ1n) is 7.72. The fourth-order valence-electron chi connectivity index (χ4n) is 1.29. The SMILES string of the molecule is CC(C)(C)[NH-].C[Si](C)CCO.[CH2]=[Zr]([Cl])[Cl].[CH3-].c1ccc2[cH-]ccc2c1. The summed E-state index contributed by atoms with van der Waals surface area (Å²) in [5, 5.41) is 10.9. The minimum Gasteiger partial charge on any atom is -0.358 e. The van der Waals surface area contributed by atoms with Gasteiger partial charge in [-0.25, -0.2) is 0 Å². The second-order valence-corrected chi connectivity index (χ2v) is 17.5. The predicted octanol–water partition coefficient (Wildman–Crippen LogP) is 6.92. The van der Waals surface area contributed by atoms with E-state index in [9.17, 15) is 0 Å². The maximum Gasteiger partial charge on any atom is -0.0809 e. The number of aliphatic hydroxyl groups excluding tert-OH is 1. The van der Waals surface area contributed by atoms with Crippen LogP contribution in [0.1, 0.15) is 20.8 Å². The van der Waals surface area contributed by atoms with E-state index in [0.717, 1.165) is 6.04 Å². The van der Waals surface area contributed by atoms with Crippen molar-refractivity contribution in [3.8, 4) is 0 Å². The molecule has 145 valence electrons. The summed E-state index contributed by atoms with van der Waals surface area (Å²) in [7, 11) is 10.1. The van der Waals surface area contributed by atoms with Gasteiger partial charge in [0.25, 0.3) is 0 Å². The van der Waals surface area contributed by atoms with Crippen molar-refractivity contribution in [2.45, 2.75) is 45.4 Å². The first kappa shape index (κ1) is 30.0. The molecule has 0 heterocycles. The Hall–Kier alpha value is 0.300. The number of fused-ring (bicyclic) bond motifs is 1. The van der Waals surface area contributed by atoms with Crippen molar-refractivity contribution in [3.63, 3.8) is 0 Å². The maximum atomic E-state index is 8.26. The number of aliphatic hydroxyl groups is 1. The molecule has 2 aromatic carbocycles. The number of nitrogens with one attached hydrogen (secondary N) is 1. The van der Waals surface area contributed by atoms with Crippen LogP contribution in [0.3, 0.4) is 0 Å². The molecule has 0 fully saturated rings. The monoisotopic (exact) mass is 479 g/mol. The van der Waals surface area contributed by atoms with E-state index in [1.54, 1.807) is 0 Å². The summed E-state index contributed by atoms with van der Waals surface area (Å²) in [6.45, 7) is 10.3. The van der Waals surface area contributed by atoms with Gasteiger partial charge in [0, 0.05) is 15.4 Å². The molecule has 0 aromatic heterocycles. The average molecular weight is 482 g/mol. The minimum atomic E-state index is -1.85. The zero-order valence-electron chi connectivity index (χ0n) is 16.4. The van der Waals surface area contributed by atoms with E-state index in [1.807, 2.05) is 20.8 Å². The second kappa shape index (κ2) is 17.7. The Labute approximate surface area is 171 Å². The zero-order chi connectivity index (χ0) is 19.2. The predicted molar refractivity (Wildman–Crippen MR) is 118 cm³/mol. The van der Waals surface area contributed by atoms with E-state index >= 15 is 0 Å². The van der Waals surface area contributed by atoms with Gasteiger partial charge in [0.15, 0.2) is 0 Å². The molecule has 0 unspecified atom stereocenters. The van der Waals surface area contributed by atoms with Gasteiger partial charge in [-0.05, 0) is 6.04 Å². The van der Waals surface area contributed by atoms with Gasteiger partial charge in [0.1, 0.15) is 0 Å². The molecule has 0 aliphatic rings. The molecule has 0 saturated carbocycles. The van der Waals surface area contributed by atoms with Crippen molar-refractivity contribution >= 4 is 40.8 Å². The van der Waals surface area contributed by atoms with Gasteiger partial charge >= 0.3 is 40.1 Å². The molecular formula is C19H33Cl2NOSiZr-3. The van der Waals surface area contributed by atoms with E-state index in [4.69, 9.17) is 27.9 Å². The van der Waals surface area contributed by atoms with Gasteiger partial charge < -0.3 is 18.3 Å². The molecule has 2 nitrogen and oxygen atoms in total. The van der Waals surface area contributed by atoms with Crippen molar-refractivity contribution in [2.24, 2.45) is 0 Å². The van der Waals surface area contributed by atoms with Gasteiger partial charge in [-0.3, -0.25) is 0 Å². The molecule has 0 saturated heterocycles. The maximum absolute atomic E-state index is 8.26. The van der Waals surface area contributed by atoms with Crippen LogP contribution in [-0.4, -0.2) is 30.3 Å². The average Bonchev–Trinajstić information content (AvgIpc) is 2.84. The normalized spacial score (nSPS) is 9.52. The van der Waals surface area contributed by atoms with Crippen LogP contribution < -0.4 is 0 Å². The molecule has 6 heteroatoms. The van der Waals surface area contributed by atoms with E-state index in [-0.39, 0.29) is 21.8 Å². The molecule has 0 spiro atoms. The topological polar surface area (TPSA) is 44.0 Å². The molecule has 0 aliphatic carbocycles. The zero-order valence-corrected chi connectivity index (χ0v) is 21.3. The molecule has 0 amide bonds. The summed E-state index contributed by atoms with van der Waals surface area (Å²) in [4.78, 5) is 0. The quantitative estimate of drug-likeness (QED) is 0.367. The van der Waals surface area contributed by atoms with Gasteiger partial charge in [0.05, 0.1) is 0 Å². The van der Waals surface area contributed by atoms with Crippen LogP contribution in [0.4, 0.5) is 0 Å². The van der Waals surface area contributed by atoms with Crippen LogP contribution in [0.5, 0.6) is 0 Å². The van der Waals surface area contributed by atoms with Gasteiger partial charge in [-0.2, -0.15) is 17.5 Å². The minimum absolute atomic E-state index is 0. The molecule has 2 aromatic rings. The first-order valence-corrected chi connectivity index (χ1v) is 18.5. The number of rotatable bonds is 2. The van der Waals surface area contributed by atoms with Crippen molar-refractivity contribution in [1.29, 1.82) is 0 Å². The Morgan fingerprint density at radius 1 is 1.20 bits per heavy atom. The third-order valence-corrected chi connectivity index (χ3v) is 3.38. The van der Waals surface area contributed by atoms with Crippen LogP contribution in [0.25, 0.3) is 16.5 Å². The van der Waals surface area contributed by atoms with E-state index in [1.165, 1.54) is 10.8 Å². The second-order valence-electron chi connectivity index (χ2n) is 6.42. The van der Waals surface area contributed by atoms with Gasteiger partial charge in [-0.15, -0.1) is 35.2 Å². The Morgan fingerprint density at radius 2 is 1.64 bits per heavy atom. The number of benzene rings is 1. The molecule has 1 radical (unpaired) electrons. The van der Waals surface area contributed by atoms with Crippen LogP contribution >= 0.6 is 17.0 Å². The van der Waals surface area contributed by atoms with E-state index in [0.29, 0.717) is 6.61 Å². The number of hydrogen-bond acceptors (Lipinski definition) is 1. The number of hydrogen-bond donors (Lipinski definition) is 1. The van der Waals surface area contributed by atoms with Crippen LogP contribution in [-0.2, 0) is 18.9 Å². The van der Waals surface area contributed by atoms with Crippen molar-refractivity contribution in [2.75, 3.05) is 6.61 Å². The van der Waals surface area contributed by atoms with Gasteiger partial charge in [-0.1, -0.05) is 39.9 Å². The summed E-state index contributed by atoms with van der Waals surface area (Å²) in [5.74, 6) is 0. The molecule has 0 atom stereocenters. The van der Waals surface area contributed by atoms with Crippen molar-refractivity contribution in [3.05, 3.63) is 55.6 Å². The Morgan fingerprint density at radius 3 is 1.96 bits per heavy atom. The largest absolute Gasteiger partial charge is 0.358 e. The third kappa shape index (κ3) is 29.3. The molecule has 0 aliphatic heterocycles. The fourth-order valence-corrected chi connectivity index (χ4v) is 1.74. The Kier molecular flexibility index (Phi) is 21.3. The van der Waals surface area contributed by atoms with Crippen LogP contribution in [0.2, 0.25) is 19.1 Å². The molecule has 0 bridgehead atoms. The summed E-state index contributed by atoms with van der Waals surface area (Å²) in [6.07, 6.45) is 0. The first-order chi connectivity index (χ1) is 11.0. The number of halogens is 2. The third-order valence-electron chi connectivity index (χ3n) is 2.16. The van der Waals surface area contributed by atoms with Gasteiger partial charge in [0.2, 0.25) is 0 Å². The van der Waals surface area contributed by atoms with E-state index < -0.39 is 18.9 Å². The van der Waals surface area contributed by atoms with Crippen LogP contribution in [0.15, 0.2) is 42.5 Å². The molecule has 2 N–H and O–H groups in total. The van der Waals surface area contributed by atoms with Crippen LogP contribution in [0, 0.1) is 7.43 Å². The smallest absolute Gasteiger partial charge is 0.0809 e. The fraction of sp³-hybridized carbons (Fsp3) is 0.421. The summed E-state index contributed by atoms with van der Waals surface area (Å²) < 4.78 is 3.37. The summed E-state index contributed by atoms with van der Waals surface area (Å²) in [5.41, 5.74) is 6.69. The molecule has 2 rings (SSSR count). The Balaban J connectivity index is -0.000000271. The Bertz CT molecular complexity index is 513. The van der Waals surface area contributed by atoms with Crippen molar-refractivity contribution < 1.29 is 24.0 Å².